The maximum absolute atomic E-state index is 13.2. The van der Waals surface area contributed by atoms with Crippen molar-refractivity contribution in [3.63, 3.8) is 0 Å². The monoisotopic (exact) mass is 487 g/mol. The fourth-order valence-electron chi connectivity index (χ4n) is 4.31. The van der Waals surface area contributed by atoms with Gasteiger partial charge in [0.15, 0.2) is 0 Å². The largest absolute Gasteiger partial charge is 0.355 e. The number of rotatable bonds is 7. The normalized spacial score (nSPS) is 16.7. The summed E-state index contributed by atoms with van der Waals surface area (Å²) in [5.41, 5.74) is 1.93. The lowest BCUT2D eigenvalue weighted by Gasteiger charge is -2.30. The Morgan fingerprint density at radius 3 is 2.52 bits per heavy atom. The highest BCUT2D eigenvalue weighted by Crippen LogP contribution is 2.27. The van der Waals surface area contributed by atoms with Crippen LogP contribution in [0.4, 0.5) is 0 Å². The predicted octanol–water partition coefficient (Wildman–Crippen LogP) is 3.40. The second kappa shape index (κ2) is 9.79. The molecule has 0 bridgehead atoms. The lowest BCUT2D eigenvalue weighted by atomic mass is 9.96. The number of nitrogens with zero attached hydrogens (tertiary/aromatic N) is 2. The number of hydrogen-bond donors (Lipinski definition) is 1. The molecule has 1 fully saturated rings. The highest BCUT2D eigenvalue weighted by molar-refractivity contribution is 7.89. The number of aryl methyl sites for hydroxylation is 1. The van der Waals surface area contributed by atoms with E-state index in [1.807, 2.05) is 37.3 Å². The summed E-state index contributed by atoms with van der Waals surface area (Å²) < 4.78 is 30.1. The van der Waals surface area contributed by atoms with Crippen molar-refractivity contribution in [2.45, 2.75) is 44.0 Å². The third-order valence-corrected chi connectivity index (χ3v) is 9.21. The van der Waals surface area contributed by atoms with Crippen LogP contribution in [0.5, 0.6) is 0 Å². The number of fused-ring (bicyclic) bond motifs is 1. The van der Waals surface area contributed by atoms with Gasteiger partial charge in [0.25, 0.3) is 0 Å². The van der Waals surface area contributed by atoms with Gasteiger partial charge in [-0.1, -0.05) is 48.6 Å². The van der Waals surface area contributed by atoms with Crippen LogP contribution in [0.3, 0.4) is 0 Å². The molecule has 1 aromatic heterocycles. The molecule has 1 aliphatic rings. The summed E-state index contributed by atoms with van der Waals surface area (Å²) in [6, 6.07) is 14.9. The average Bonchev–Trinajstić information content (AvgIpc) is 3.16. The number of carbonyl (C=O) groups excluding carboxylic acids is 1. The van der Waals surface area contributed by atoms with Crippen molar-refractivity contribution in [2.75, 3.05) is 19.6 Å². The molecule has 7 nitrogen and oxygen atoms in total. The number of sulfonamides is 1. The third-order valence-electron chi connectivity index (χ3n) is 6.37. The fourth-order valence-corrected chi connectivity index (χ4v) is 6.88. The molecule has 3 aromatic rings. The Bertz CT molecular complexity index is 1290. The highest BCUT2D eigenvalue weighted by atomic mass is 32.2. The van der Waals surface area contributed by atoms with Crippen LogP contribution in [-0.4, -0.2) is 42.8 Å². The second-order valence-electron chi connectivity index (χ2n) is 8.48. The van der Waals surface area contributed by atoms with Gasteiger partial charge in [0.05, 0.1) is 15.1 Å². The smallest absolute Gasteiger partial charge is 0.308 e. The standard InChI is InChI=1S/C24H29N3O4S2/c1-3-27-21-10-9-20(15-22(21)32-24(27)29)33(30,31)26-13-11-19(12-14-26)23(28)25-16-17(2)18-7-5-4-6-8-18/h4-10,15,17,19H,3,11-14,16H2,1-2H3,(H,25,28)/t17-/m0/s1. The third kappa shape index (κ3) is 4.90. The number of carbonyl (C=O) groups is 1. The zero-order valence-electron chi connectivity index (χ0n) is 18.9. The number of amides is 1. The summed E-state index contributed by atoms with van der Waals surface area (Å²) >= 11 is 1.06. The first kappa shape index (κ1) is 23.7. The van der Waals surface area contributed by atoms with Crippen LogP contribution in [0, 0.1) is 5.92 Å². The van der Waals surface area contributed by atoms with Gasteiger partial charge in [-0.3, -0.25) is 14.2 Å². The molecule has 0 spiro atoms. The molecule has 1 N–H and O–H groups in total. The number of aromatic nitrogens is 1. The molecule has 176 valence electrons. The van der Waals surface area contributed by atoms with Crippen LogP contribution in [-0.2, 0) is 21.4 Å². The molecule has 1 atom stereocenters. The fraction of sp³-hybridized carbons (Fsp3) is 0.417. The molecule has 0 aliphatic carbocycles. The summed E-state index contributed by atoms with van der Waals surface area (Å²) in [7, 11) is -3.68. The number of hydrogen-bond acceptors (Lipinski definition) is 5. The molecular weight excluding hydrogens is 458 g/mol. The van der Waals surface area contributed by atoms with E-state index in [2.05, 4.69) is 12.2 Å². The van der Waals surface area contributed by atoms with Gasteiger partial charge in [-0.05, 0) is 49.4 Å². The number of nitrogens with one attached hydrogen (secondary N) is 1. The van der Waals surface area contributed by atoms with E-state index in [0.717, 1.165) is 16.9 Å². The predicted molar refractivity (Wildman–Crippen MR) is 131 cm³/mol. The van der Waals surface area contributed by atoms with Crippen LogP contribution in [0.25, 0.3) is 10.2 Å². The molecule has 0 unspecified atom stereocenters. The van der Waals surface area contributed by atoms with Crippen molar-refractivity contribution in [3.05, 3.63) is 63.8 Å². The Morgan fingerprint density at radius 2 is 1.85 bits per heavy atom. The van der Waals surface area contributed by atoms with Gasteiger partial charge < -0.3 is 5.32 Å². The molecule has 2 aromatic carbocycles. The maximum Gasteiger partial charge on any atom is 0.308 e. The summed E-state index contributed by atoms with van der Waals surface area (Å²) in [6.07, 6.45) is 0.985. The zero-order valence-corrected chi connectivity index (χ0v) is 20.5. The van der Waals surface area contributed by atoms with E-state index in [1.165, 1.54) is 9.87 Å². The van der Waals surface area contributed by atoms with Crippen molar-refractivity contribution < 1.29 is 13.2 Å². The van der Waals surface area contributed by atoms with Crippen molar-refractivity contribution >= 4 is 37.5 Å². The summed E-state index contributed by atoms with van der Waals surface area (Å²) in [5, 5.41) is 3.03. The lowest BCUT2D eigenvalue weighted by Crippen LogP contribution is -2.43. The maximum atomic E-state index is 13.2. The Morgan fingerprint density at radius 1 is 1.15 bits per heavy atom. The molecule has 2 heterocycles. The molecule has 1 aliphatic heterocycles. The van der Waals surface area contributed by atoms with Gasteiger partial charge >= 0.3 is 4.87 Å². The minimum atomic E-state index is -3.68. The SMILES string of the molecule is CCn1c(=O)sc2cc(S(=O)(=O)N3CCC(C(=O)NC[C@H](C)c4ccccc4)CC3)ccc21. The van der Waals surface area contributed by atoms with Gasteiger partial charge in [-0.2, -0.15) is 4.31 Å². The number of benzene rings is 2. The molecule has 1 amide bonds. The molecular formula is C24H29N3O4S2. The van der Waals surface area contributed by atoms with E-state index in [0.29, 0.717) is 43.7 Å². The van der Waals surface area contributed by atoms with Gasteiger partial charge in [-0.25, -0.2) is 8.42 Å². The number of thiazole rings is 1. The Labute approximate surface area is 198 Å². The first-order valence-electron chi connectivity index (χ1n) is 11.3. The van der Waals surface area contributed by atoms with Crippen molar-refractivity contribution in [1.82, 2.24) is 14.2 Å². The van der Waals surface area contributed by atoms with Crippen LogP contribution in [0.2, 0.25) is 0 Å². The van der Waals surface area contributed by atoms with Crippen LogP contribution in [0.1, 0.15) is 38.2 Å². The van der Waals surface area contributed by atoms with E-state index in [4.69, 9.17) is 0 Å². The van der Waals surface area contributed by atoms with Crippen LogP contribution < -0.4 is 10.2 Å². The van der Waals surface area contributed by atoms with E-state index in [9.17, 15) is 18.0 Å². The van der Waals surface area contributed by atoms with Gasteiger partial charge in [0.1, 0.15) is 0 Å². The zero-order chi connectivity index (χ0) is 23.6. The van der Waals surface area contributed by atoms with Crippen molar-refractivity contribution in [3.8, 4) is 0 Å². The molecule has 4 rings (SSSR count). The Hall–Kier alpha value is -2.49. The number of piperidine rings is 1. The van der Waals surface area contributed by atoms with E-state index in [1.54, 1.807) is 22.8 Å². The first-order chi connectivity index (χ1) is 15.8. The molecule has 33 heavy (non-hydrogen) atoms. The average molecular weight is 488 g/mol. The molecule has 1 saturated heterocycles. The Kier molecular flexibility index (Phi) is 7.02. The molecule has 0 saturated carbocycles. The van der Waals surface area contributed by atoms with Crippen LogP contribution in [0.15, 0.2) is 58.2 Å². The minimum Gasteiger partial charge on any atom is -0.355 e. The summed E-state index contributed by atoms with van der Waals surface area (Å²) in [4.78, 5) is 24.9. The topological polar surface area (TPSA) is 88.5 Å². The molecule has 0 radical (unpaired) electrons. The van der Waals surface area contributed by atoms with E-state index < -0.39 is 10.0 Å². The van der Waals surface area contributed by atoms with Gasteiger partial charge in [0, 0.05) is 32.1 Å². The highest BCUT2D eigenvalue weighted by Gasteiger charge is 2.32. The van der Waals surface area contributed by atoms with Crippen LogP contribution >= 0.6 is 11.3 Å². The van der Waals surface area contributed by atoms with Gasteiger partial charge in [-0.15, -0.1) is 0 Å². The molecule has 9 heteroatoms. The first-order valence-corrected chi connectivity index (χ1v) is 13.5. The Balaban J connectivity index is 1.37. The van der Waals surface area contributed by atoms with E-state index >= 15 is 0 Å². The minimum absolute atomic E-state index is 0.0121. The van der Waals surface area contributed by atoms with Crippen molar-refractivity contribution in [1.29, 1.82) is 0 Å². The quantitative estimate of drug-likeness (QED) is 0.553. The second-order valence-corrected chi connectivity index (χ2v) is 11.4. The van der Waals surface area contributed by atoms with Crippen molar-refractivity contribution in [2.24, 2.45) is 5.92 Å². The lowest BCUT2D eigenvalue weighted by molar-refractivity contribution is -0.126. The van der Waals surface area contributed by atoms with Gasteiger partial charge in [0.2, 0.25) is 15.9 Å². The van der Waals surface area contributed by atoms with E-state index in [-0.39, 0.29) is 27.5 Å². The summed E-state index contributed by atoms with van der Waals surface area (Å²) in [5.74, 6) is 0.0106. The summed E-state index contributed by atoms with van der Waals surface area (Å²) in [6.45, 7) is 5.68.